The number of rotatable bonds is 5. The Kier molecular flexibility index (Phi) is 6.21. The molecule has 40 heavy (non-hydrogen) atoms. The second kappa shape index (κ2) is 9.62. The number of ketones is 2. The van der Waals surface area contributed by atoms with Crippen molar-refractivity contribution in [3.63, 3.8) is 0 Å². The van der Waals surface area contributed by atoms with Crippen LogP contribution in [0.2, 0.25) is 0 Å². The van der Waals surface area contributed by atoms with Gasteiger partial charge in [0, 0.05) is 29.2 Å². The first-order valence-electron chi connectivity index (χ1n) is 13.4. The molecule has 1 heterocycles. The van der Waals surface area contributed by atoms with Crippen LogP contribution in [0.3, 0.4) is 0 Å². The van der Waals surface area contributed by atoms with E-state index in [1.807, 2.05) is 6.08 Å². The van der Waals surface area contributed by atoms with Crippen LogP contribution in [0.4, 0.5) is 0 Å². The molecule has 8 nitrogen and oxygen atoms in total. The number of phenols is 2. The minimum atomic E-state index is -0.634. The molecule has 0 spiro atoms. The highest BCUT2D eigenvalue weighted by Crippen LogP contribution is 2.55. The molecule has 0 aromatic heterocycles. The fourth-order valence-electron chi connectivity index (χ4n) is 6.84. The Labute approximate surface area is 231 Å². The van der Waals surface area contributed by atoms with E-state index in [-0.39, 0.29) is 53.6 Å². The fourth-order valence-corrected chi connectivity index (χ4v) is 6.84. The average molecular weight is 540 g/mol. The summed E-state index contributed by atoms with van der Waals surface area (Å²) in [6.07, 6.45) is 4.34. The van der Waals surface area contributed by atoms with Gasteiger partial charge in [0.1, 0.15) is 5.75 Å². The molecule has 0 radical (unpaired) electrons. The van der Waals surface area contributed by atoms with Crippen molar-refractivity contribution in [2.75, 3.05) is 13.7 Å². The van der Waals surface area contributed by atoms with Gasteiger partial charge in [0.05, 0.1) is 18.9 Å². The van der Waals surface area contributed by atoms with Gasteiger partial charge in [-0.25, -0.2) is 0 Å². The number of allylic oxidation sites excluding steroid dienone is 6. The van der Waals surface area contributed by atoms with Crippen molar-refractivity contribution in [1.29, 1.82) is 0 Å². The van der Waals surface area contributed by atoms with Gasteiger partial charge < -0.3 is 14.9 Å². The van der Waals surface area contributed by atoms with E-state index in [4.69, 9.17) is 4.74 Å². The predicted octanol–water partition coefficient (Wildman–Crippen LogP) is 3.78. The summed E-state index contributed by atoms with van der Waals surface area (Å²) in [5, 5.41) is 20.1. The SMILES string of the molecule is COc1ccc([C@H]2C3=CC[C@@H]4C(=O)N(CCc5ccc(O)cc5)C(=O)[C@@H]4[C@@H]3CC3=C2C(=O)C=C(C)C3=O)cc1O. The Balaban J connectivity index is 1.38. The second-order valence-electron chi connectivity index (χ2n) is 10.9. The summed E-state index contributed by atoms with van der Waals surface area (Å²) in [6, 6.07) is 11.6. The van der Waals surface area contributed by atoms with Crippen molar-refractivity contribution in [3.05, 3.63) is 88.0 Å². The highest BCUT2D eigenvalue weighted by Gasteiger charge is 2.56. The zero-order valence-electron chi connectivity index (χ0n) is 22.2. The number of methoxy groups -OCH3 is 1. The predicted molar refractivity (Wildman–Crippen MR) is 145 cm³/mol. The van der Waals surface area contributed by atoms with E-state index in [0.29, 0.717) is 35.1 Å². The Morgan fingerprint density at radius 3 is 2.42 bits per heavy atom. The number of carbonyl (C=O) groups is 4. The third-order valence-corrected chi connectivity index (χ3v) is 8.75. The lowest BCUT2D eigenvalue weighted by molar-refractivity contribution is -0.140. The number of ether oxygens (including phenoxy) is 1. The maximum atomic E-state index is 13.8. The summed E-state index contributed by atoms with van der Waals surface area (Å²) < 4.78 is 5.20. The number of Topliss-reactive ketones (excluding diaryl/α,β-unsaturated/α-hetero) is 1. The van der Waals surface area contributed by atoms with E-state index in [1.165, 1.54) is 24.2 Å². The number of carbonyl (C=O) groups excluding carboxylic acids is 4. The van der Waals surface area contributed by atoms with Crippen LogP contribution in [0.15, 0.2) is 76.9 Å². The van der Waals surface area contributed by atoms with E-state index < -0.39 is 23.7 Å². The topological polar surface area (TPSA) is 121 Å². The maximum Gasteiger partial charge on any atom is 0.233 e. The van der Waals surface area contributed by atoms with Gasteiger partial charge in [-0.05, 0) is 73.6 Å². The summed E-state index contributed by atoms with van der Waals surface area (Å²) in [4.78, 5) is 55.3. The van der Waals surface area contributed by atoms with E-state index in [0.717, 1.165) is 11.1 Å². The molecule has 2 aromatic rings. The molecule has 8 heteroatoms. The zero-order valence-corrected chi connectivity index (χ0v) is 22.2. The summed E-state index contributed by atoms with van der Waals surface area (Å²) >= 11 is 0. The number of aromatic hydroxyl groups is 2. The third-order valence-electron chi connectivity index (χ3n) is 8.75. The standard InChI is InChI=1S/C32H29NO7/c1-16-13-25(36)29-23(30(16)37)15-22-20(27(29)18-5-10-26(40-2)24(35)14-18)8-9-21-28(22)32(39)33(31(21)38)12-11-17-3-6-19(34)7-4-17/h3-8,10,13-14,21-22,27-28,34-35H,9,11-12,15H2,1-2H3/t21-,22+,27-,28-/m0/s1. The van der Waals surface area contributed by atoms with Gasteiger partial charge in [-0.2, -0.15) is 0 Å². The van der Waals surface area contributed by atoms with Gasteiger partial charge in [-0.3, -0.25) is 24.1 Å². The fraction of sp³-hybridized carbons (Fsp3) is 0.312. The molecule has 204 valence electrons. The van der Waals surface area contributed by atoms with Gasteiger partial charge >= 0.3 is 0 Å². The highest BCUT2D eigenvalue weighted by molar-refractivity contribution is 6.23. The summed E-state index contributed by atoms with van der Waals surface area (Å²) in [7, 11) is 1.45. The number of likely N-dealkylation sites (tertiary alicyclic amines) is 1. The van der Waals surface area contributed by atoms with Crippen LogP contribution in [0.1, 0.15) is 36.8 Å². The van der Waals surface area contributed by atoms with Gasteiger partial charge in [0.25, 0.3) is 0 Å². The zero-order chi connectivity index (χ0) is 28.3. The van der Waals surface area contributed by atoms with E-state index >= 15 is 0 Å². The Morgan fingerprint density at radius 1 is 0.975 bits per heavy atom. The normalized spacial score (nSPS) is 25.8. The summed E-state index contributed by atoms with van der Waals surface area (Å²) in [5.41, 5.74) is 3.46. The van der Waals surface area contributed by atoms with E-state index in [9.17, 15) is 29.4 Å². The molecule has 0 saturated carbocycles. The lowest BCUT2D eigenvalue weighted by Gasteiger charge is -2.42. The lowest BCUT2D eigenvalue weighted by Crippen LogP contribution is -2.40. The molecular weight excluding hydrogens is 510 g/mol. The van der Waals surface area contributed by atoms with Crippen LogP contribution in [0, 0.1) is 17.8 Å². The van der Waals surface area contributed by atoms with Crippen LogP contribution in [0.5, 0.6) is 17.2 Å². The molecule has 0 unspecified atom stereocenters. The number of hydrogen-bond donors (Lipinski definition) is 2. The number of fused-ring (bicyclic) bond motifs is 3. The van der Waals surface area contributed by atoms with Gasteiger partial charge in [0.15, 0.2) is 23.1 Å². The van der Waals surface area contributed by atoms with Crippen LogP contribution in [-0.4, -0.2) is 52.1 Å². The van der Waals surface area contributed by atoms with E-state index in [2.05, 4.69) is 0 Å². The summed E-state index contributed by atoms with van der Waals surface area (Å²) in [5.74, 6) is -2.82. The molecule has 1 saturated heterocycles. The van der Waals surface area contributed by atoms with Crippen molar-refractivity contribution >= 4 is 23.4 Å². The maximum absolute atomic E-state index is 13.8. The molecule has 1 aliphatic heterocycles. The second-order valence-corrected chi connectivity index (χ2v) is 10.9. The number of nitrogens with zero attached hydrogens (tertiary/aromatic N) is 1. The van der Waals surface area contributed by atoms with Crippen LogP contribution < -0.4 is 4.74 Å². The first kappa shape index (κ1) is 25.8. The smallest absolute Gasteiger partial charge is 0.233 e. The Bertz CT molecular complexity index is 1560. The first-order valence-corrected chi connectivity index (χ1v) is 13.4. The van der Waals surface area contributed by atoms with Crippen molar-refractivity contribution in [2.24, 2.45) is 17.8 Å². The molecule has 6 rings (SSSR count). The summed E-state index contributed by atoms with van der Waals surface area (Å²) in [6.45, 7) is 1.84. The lowest BCUT2D eigenvalue weighted by atomic mass is 9.59. The first-order chi connectivity index (χ1) is 19.2. The van der Waals surface area contributed by atoms with Gasteiger partial charge in [-0.1, -0.05) is 29.8 Å². The van der Waals surface area contributed by atoms with Crippen LogP contribution in [-0.2, 0) is 25.6 Å². The number of hydrogen-bond acceptors (Lipinski definition) is 7. The largest absolute Gasteiger partial charge is 0.508 e. The third kappa shape index (κ3) is 3.97. The number of amides is 2. The highest BCUT2D eigenvalue weighted by atomic mass is 16.5. The Morgan fingerprint density at radius 2 is 1.73 bits per heavy atom. The number of phenolic OH excluding ortho intramolecular Hbond substituents is 2. The minimum Gasteiger partial charge on any atom is -0.508 e. The molecule has 2 aromatic carbocycles. The molecule has 4 aliphatic rings. The van der Waals surface area contributed by atoms with Crippen molar-refractivity contribution in [1.82, 2.24) is 4.90 Å². The van der Waals surface area contributed by atoms with Gasteiger partial charge in [-0.15, -0.1) is 0 Å². The molecule has 3 aliphatic carbocycles. The quantitative estimate of drug-likeness (QED) is 0.337. The number of benzene rings is 2. The Hall–Kier alpha value is -4.46. The molecule has 0 bridgehead atoms. The molecule has 2 N–H and O–H groups in total. The molecular formula is C32H29NO7. The molecule has 4 atom stereocenters. The van der Waals surface area contributed by atoms with Gasteiger partial charge in [0.2, 0.25) is 11.8 Å². The molecule has 2 amide bonds. The van der Waals surface area contributed by atoms with Crippen LogP contribution >= 0.6 is 0 Å². The number of imide groups is 1. The monoisotopic (exact) mass is 539 g/mol. The molecule has 1 fully saturated rings. The van der Waals surface area contributed by atoms with Crippen molar-refractivity contribution in [3.8, 4) is 17.2 Å². The average Bonchev–Trinajstić information content (AvgIpc) is 3.19. The van der Waals surface area contributed by atoms with Crippen molar-refractivity contribution in [2.45, 2.75) is 32.1 Å². The minimum absolute atomic E-state index is 0.0904. The van der Waals surface area contributed by atoms with Crippen LogP contribution in [0.25, 0.3) is 0 Å². The van der Waals surface area contributed by atoms with E-state index in [1.54, 1.807) is 43.3 Å². The van der Waals surface area contributed by atoms with Crippen molar-refractivity contribution < 1.29 is 34.1 Å².